The first-order valence-electron chi connectivity index (χ1n) is 7.03. The smallest absolute Gasteiger partial charge is 0.237 e. The van der Waals surface area contributed by atoms with Crippen LogP contribution in [0.25, 0.3) is 0 Å². The number of carbonyl (C=O) groups is 1. The summed E-state index contributed by atoms with van der Waals surface area (Å²) in [6.07, 6.45) is 4.79. The van der Waals surface area contributed by atoms with Gasteiger partial charge in [-0.25, -0.2) is 0 Å². The lowest BCUT2D eigenvalue weighted by Gasteiger charge is -2.35. The highest BCUT2D eigenvalue weighted by atomic mass is 35.5. The number of hydrogen-bond donors (Lipinski definition) is 2. The van der Waals surface area contributed by atoms with E-state index in [1.807, 2.05) is 0 Å². The van der Waals surface area contributed by atoms with Gasteiger partial charge < -0.3 is 10.6 Å². The Morgan fingerprint density at radius 2 is 2.00 bits per heavy atom. The predicted octanol–water partition coefficient (Wildman–Crippen LogP) is 1.01. The van der Waals surface area contributed by atoms with E-state index in [1.54, 1.807) is 0 Å². The number of halogens is 1. The molecule has 0 aromatic rings. The van der Waals surface area contributed by atoms with Crippen LogP contribution in [0.15, 0.2) is 0 Å². The molecule has 0 radical (unpaired) electrons. The third kappa shape index (κ3) is 4.11. The quantitative estimate of drug-likeness (QED) is 0.805. The predicted molar refractivity (Wildman–Crippen MR) is 76.1 cm³/mol. The molecule has 2 heterocycles. The zero-order valence-corrected chi connectivity index (χ0v) is 12.1. The highest BCUT2D eigenvalue weighted by molar-refractivity contribution is 5.85. The molecule has 2 fully saturated rings. The van der Waals surface area contributed by atoms with Crippen LogP contribution in [0, 0.1) is 5.92 Å². The number of nitrogens with one attached hydrogen (secondary N) is 2. The minimum atomic E-state index is 0. The number of piperidine rings is 1. The van der Waals surface area contributed by atoms with E-state index in [9.17, 15) is 4.79 Å². The molecule has 0 aliphatic carbocycles. The lowest BCUT2D eigenvalue weighted by molar-refractivity contribution is -0.129. The van der Waals surface area contributed by atoms with E-state index in [-0.39, 0.29) is 24.4 Å². The third-order valence-electron chi connectivity index (χ3n) is 4.11. The zero-order valence-electron chi connectivity index (χ0n) is 11.3. The molecule has 0 bridgehead atoms. The second kappa shape index (κ2) is 7.97. The van der Waals surface area contributed by atoms with Crippen LogP contribution in [0.2, 0.25) is 0 Å². The van der Waals surface area contributed by atoms with E-state index >= 15 is 0 Å². The van der Waals surface area contributed by atoms with Gasteiger partial charge in [0, 0.05) is 13.1 Å². The lowest BCUT2D eigenvalue weighted by atomic mass is 9.94. The normalized spacial score (nSPS) is 26.5. The summed E-state index contributed by atoms with van der Waals surface area (Å²) in [6.45, 7) is 7.38. The van der Waals surface area contributed by atoms with Crippen molar-refractivity contribution in [3.05, 3.63) is 0 Å². The van der Waals surface area contributed by atoms with E-state index in [2.05, 4.69) is 22.5 Å². The van der Waals surface area contributed by atoms with Gasteiger partial charge in [-0.05, 0) is 51.2 Å². The van der Waals surface area contributed by atoms with Crippen LogP contribution in [-0.4, -0.2) is 49.6 Å². The van der Waals surface area contributed by atoms with Crippen LogP contribution < -0.4 is 10.6 Å². The molecule has 2 saturated heterocycles. The first-order chi connectivity index (χ1) is 8.31. The second-order valence-electron chi connectivity index (χ2n) is 5.23. The molecule has 2 aliphatic heterocycles. The van der Waals surface area contributed by atoms with Gasteiger partial charge in [0.25, 0.3) is 0 Å². The Balaban J connectivity index is 0.00000162. The Kier molecular flexibility index (Phi) is 6.97. The minimum absolute atomic E-state index is 0. The van der Waals surface area contributed by atoms with Crippen LogP contribution in [-0.2, 0) is 4.79 Å². The molecular weight excluding hydrogens is 250 g/mol. The fraction of sp³-hybridized carbons (Fsp3) is 0.923. The number of rotatable bonds is 4. The molecule has 0 aromatic carbocycles. The van der Waals surface area contributed by atoms with Crippen molar-refractivity contribution < 1.29 is 4.79 Å². The minimum Gasteiger partial charge on any atom is -0.353 e. The summed E-state index contributed by atoms with van der Waals surface area (Å²) in [5.41, 5.74) is 0. The van der Waals surface area contributed by atoms with Crippen LogP contribution in [0.3, 0.4) is 0 Å². The molecule has 0 spiro atoms. The standard InChI is InChI=1S/C13H25N3O.ClH/c1-2-12-13(17)15-8-10-16(12)9-5-11-3-6-14-7-4-11;/h11-12,14H,2-10H2,1H3,(H,15,17);1H. The van der Waals surface area contributed by atoms with Crippen LogP contribution in [0.1, 0.15) is 32.6 Å². The monoisotopic (exact) mass is 275 g/mol. The van der Waals surface area contributed by atoms with Gasteiger partial charge in [0.1, 0.15) is 0 Å². The van der Waals surface area contributed by atoms with E-state index in [0.29, 0.717) is 0 Å². The summed E-state index contributed by atoms with van der Waals surface area (Å²) in [7, 11) is 0. The third-order valence-corrected chi connectivity index (χ3v) is 4.11. The molecule has 2 aliphatic rings. The van der Waals surface area contributed by atoms with Gasteiger partial charge in [-0.3, -0.25) is 9.69 Å². The van der Waals surface area contributed by atoms with Crippen molar-refractivity contribution in [2.75, 3.05) is 32.7 Å². The number of piperazine rings is 1. The molecule has 106 valence electrons. The lowest BCUT2D eigenvalue weighted by Crippen LogP contribution is -2.55. The van der Waals surface area contributed by atoms with Gasteiger partial charge in [-0.15, -0.1) is 12.4 Å². The fourth-order valence-electron chi connectivity index (χ4n) is 2.99. The van der Waals surface area contributed by atoms with E-state index in [0.717, 1.165) is 32.0 Å². The largest absolute Gasteiger partial charge is 0.353 e. The molecule has 2 rings (SSSR count). The Labute approximate surface area is 116 Å². The summed E-state index contributed by atoms with van der Waals surface area (Å²) in [4.78, 5) is 14.1. The molecule has 2 N–H and O–H groups in total. The first kappa shape index (κ1) is 15.7. The molecule has 0 aromatic heterocycles. The molecule has 5 heteroatoms. The van der Waals surface area contributed by atoms with Crippen molar-refractivity contribution in [3.8, 4) is 0 Å². The van der Waals surface area contributed by atoms with Crippen molar-refractivity contribution in [3.63, 3.8) is 0 Å². The Hall–Kier alpha value is -0.320. The maximum Gasteiger partial charge on any atom is 0.237 e. The first-order valence-corrected chi connectivity index (χ1v) is 7.03. The van der Waals surface area contributed by atoms with Gasteiger partial charge in [0.2, 0.25) is 5.91 Å². The number of nitrogens with zero attached hydrogens (tertiary/aromatic N) is 1. The van der Waals surface area contributed by atoms with E-state index in [4.69, 9.17) is 0 Å². The summed E-state index contributed by atoms with van der Waals surface area (Å²) in [5, 5.41) is 6.36. The van der Waals surface area contributed by atoms with Crippen molar-refractivity contribution >= 4 is 18.3 Å². The second-order valence-corrected chi connectivity index (χ2v) is 5.23. The van der Waals surface area contributed by atoms with Crippen LogP contribution in [0.5, 0.6) is 0 Å². The maximum absolute atomic E-state index is 11.7. The average Bonchev–Trinajstić information content (AvgIpc) is 2.37. The Morgan fingerprint density at radius 1 is 1.28 bits per heavy atom. The van der Waals surface area contributed by atoms with Crippen molar-refractivity contribution in [2.45, 2.75) is 38.6 Å². The molecule has 1 unspecified atom stereocenters. The topological polar surface area (TPSA) is 44.4 Å². The fourth-order valence-corrected chi connectivity index (χ4v) is 2.99. The Morgan fingerprint density at radius 3 is 2.67 bits per heavy atom. The van der Waals surface area contributed by atoms with Gasteiger partial charge in [-0.2, -0.15) is 0 Å². The SMILES string of the molecule is CCC1C(=O)NCCN1CCC1CCNCC1.Cl. The highest BCUT2D eigenvalue weighted by Crippen LogP contribution is 2.18. The summed E-state index contributed by atoms with van der Waals surface area (Å²) >= 11 is 0. The van der Waals surface area contributed by atoms with E-state index < -0.39 is 0 Å². The number of amides is 1. The molecular formula is C13H26ClN3O. The van der Waals surface area contributed by atoms with Crippen LogP contribution in [0.4, 0.5) is 0 Å². The van der Waals surface area contributed by atoms with Crippen molar-refractivity contribution in [2.24, 2.45) is 5.92 Å². The maximum atomic E-state index is 11.7. The summed E-state index contributed by atoms with van der Waals surface area (Å²) in [6, 6.07) is 0.116. The van der Waals surface area contributed by atoms with E-state index in [1.165, 1.54) is 32.4 Å². The average molecular weight is 276 g/mol. The summed E-state index contributed by atoms with van der Waals surface area (Å²) in [5.74, 6) is 1.09. The van der Waals surface area contributed by atoms with Gasteiger partial charge in [0.05, 0.1) is 6.04 Å². The number of carbonyl (C=O) groups excluding carboxylic acids is 1. The van der Waals surface area contributed by atoms with Gasteiger partial charge in [0.15, 0.2) is 0 Å². The van der Waals surface area contributed by atoms with Gasteiger partial charge >= 0.3 is 0 Å². The zero-order chi connectivity index (χ0) is 12.1. The molecule has 4 nitrogen and oxygen atoms in total. The van der Waals surface area contributed by atoms with Crippen LogP contribution >= 0.6 is 12.4 Å². The molecule has 1 atom stereocenters. The van der Waals surface area contributed by atoms with Crippen molar-refractivity contribution in [1.82, 2.24) is 15.5 Å². The molecule has 0 saturated carbocycles. The summed E-state index contributed by atoms with van der Waals surface area (Å²) < 4.78 is 0. The number of hydrogen-bond acceptors (Lipinski definition) is 3. The van der Waals surface area contributed by atoms with Crippen molar-refractivity contribution in [1.29, 1.82) is 0 Å². The highest BCUT2D eigenvalue weighted by Gasteiger charge is 2.28. The molecule has 18 heavy (non-hydrogen) atoms. The molecule has 1 amide bonds. The van der Waals surface area contributed by atoms with Gasteiger partial charge in [-0.1, -0.05) is 6.92 Å². The Bertz CT molecular complexity index is 257.